The van der Waals surface area contributed by atoms with E-state index < -0.39 is 12.1 Å². The van der Waals surface area contributed by atoms with Crippen molar-refractivity contribution in [2.24, 2.45) is 0 Å². The molecule has 0 aromatic heterocycles. The fourth-order valence-electron chi connectivity index (χ4n) is 3.04. The van der Waals surface area contributed by atoms with E-state index in [1.165, 1.54) is 12.1 Å². The number of phenolic OH excluding ortho intramolecular Hbond substituents is 1. The van der Waals surface area contributed by atoms with Crippen LogP contribution in [0.15, 0.2) is 24.3 Å². The third kappa shape index (κ3) is 2.19. The van der Waals surface area contributed by atoms with E-state index in [0.29, 0.717) is 0 Å². The summed E-state index contributed by atoms with van der Waals surface area (Å²) in [5.74, 6) is -0.599. The lowest BCUT2D eigenvalue weighted by Crippen LogP contribution is -2.39. The number of nitrogens with zero attached hydrogens (tertiary/aromatic N) is 1. The quantitative estimate of drug-likeness (QED) is 0.771. The Kier molecular flexibility index (Phi) is 3.16. The minimum atomic E-state index is -0.524. The number of ether oxygens (including phenoxy) is 1. The SMILES string of the molecule is O=C(OC1CCN2CCC(O)C12)c1ccccc1O. The maximum Gasteiger partial charge on any atom is 0.342 e. The normalized spacial score (nSPS) is 30.3. The first-order valence-corrected chi connectivity index (χ1v) is 6.58. The minimum Gasteiger partial charge on any atom is -0.507 e. The molecule has 1 aromatic rings. The van der Waals surface area contributed by atoms with Crippen LogP contribution in [0.1, 0.15) is 23.2 Å². The summed E-state index contributed by atoms with van der Waals surface area (Å²) in [6, 6.07) is 6.25. The number of hydrogen-bond donors (Lipinski definition) is 2. The highest BCUT2D eigenvalue weighted by Gasteiger charge is 2.45. The highest BCUT2D eigenvalue weighted by atomic mass is 16.5. The second-order valence-corrected chi connectivity index (χ2v) is 5.13. The Bertz CT molecular complexity index is 490. The molecule has 0 bridgehead atoms. The first-order valence-electron chi connectivity index (χ1n) is 6.58. The van der Waals surface area contributed by atoms with Gasteiger partial charge in [0.2, 0.25) is 0 Å². The highest BCUT2D eigenvalue weighted by Crippen LogP contribution is 2.31. The lowest BCUT2D eigenvalue weighted by molar-refractivity contribution is 0.00645. The average molecular weight is 263 g/mol. The molecular formula is C14H17NO4. The molecule has 2 heterocycles. The molecule has 1 aromatic carbocycles. The number of phenols is 1. The molecule has 2 N–H and O–H groups in total. The van der Waals surface area contributed by atoms with E-state index in [9.17, 15) is 15.0 Å². The van der Waals surface area contributed by atoms with E-state index in [0.717, 1.165) is 25.9 Å². The molecule has 102 valence electrons. The van der Waals surface area contributed by atoms with Crippen LogP contribution in [0.2, 0.25) is 0 Å². The third-order valence-corrected chi connectivity index (χ3v) is 3.99. The van der Waals surface area contributed by atoms with Crippen molar-refractivity contribution in [3.8, 4) is 5.75 Å². The zero-order valence-electron chi connectivity index (χ0n) is 10.5. The van der Waals surface area contributed by atoms with Crippen molar-refractivity contribution in [2.75, 3.05) is 13.1 Å². The number of carbonyl (C=O) groups excluding carboxylic acids is 1. The number of carbonyl (C=O) groups is 1. The summed E-state index contributed by atoms with van der Waals surface area (Å²) in [7, 11) is 0. The molecule has 2 fully saturated rings. The summed E-state index contributed by atoms with van der Waals surface area (Å²) >= 11 is 0. The molecule has 0 aliphatic carbocycles. The maximum atomic E-state index is 12.0. The number of hydrogen-bond acceptors (Lipinski definition) is 5. The predicted octanol–water partition coefficient (Wildman–Crippen LogP) is 0.756. The smallest absolute Gasteiger partial charge is 0.342 e. The van der Waals surface area contributed by atoms with E-state index in [-0.39, 0.29) is 23.5 Å². The molecule has 0 amide bonds. The summed E-state index contributed by atoms with van der Waals surface area (Å²) in [4.78, 5) is 14.2. The van der Waals surface area contributed by atoms with E-state index in [2.05, 4.69) is 4.90 Å². The van der Waals surface area contributed by atoms with Crippen LogP contribution in [0.3, 0.4) is 0 Å². The van der Waals surface area contributed by atoms with Gasteiger partial charge in [0, 0.05) is 13.1 Å². The van der Waals surface area contributed by atoms with Gasteiger partial charge in [0.25, 0.3) is 0 Å². The van der Waals surface area contributed by atoms with Gasteiger partial charge in [0.15, 0.2) is 0 Å². The van der Waals surface area contributed by atoms with Crippen LogP contribution in [0, 0.1) is 0 Å². The maximum absolute atomic E-state index is 12.0. The Labute approximate surface area is 111 Å². The first-order chi connectivity index (χ1) is 9.16. The zero-order valence-corrected chi connectivity index (χ0v) is 10.5. The van der Waals surface area contributed by atoms with Gasteiger partial charge in [0.05, 0.1) is 12.1 Å². The molecule has 19 heavy (non-hydrogen) atoms. The fraction of sp³-hybridized carbons (Fsp3) is 0.500. The van der Waals surface area contributed by atoms with Crippen LogP contribution in [0.5, 0.6) is 5.75 Å². The van der Waals surface area contributed by atoms with Gasteiger partial charge in [-0.1, -0.05) is 12.1 Å². The van der Waals surface area contributed by atoms with E-state index in [1.807, 2.05) is 0 Å². The Balaban J connectivity index is 1.72. The van der Waals surface area contributed by atoms with Gasteiger partial charge in [-0.25, -0.2) is 4.79 Å². The number of benzene rings is 1. The zero-order chi connectivity index (χ0) is 13.4. The topological polar surface area (TPSA) is 70.0 Å². The van der Waals surface area contributed by atoms with Gasteiger partial charge in [0.1, 0.15) is 17.4 Å². The van der Waals surface area contributed by atoms with Crippen molar-refractivity contribution in [3.63, 3.8) is 0 Å². The summed E-state index contributed by atoms with van der Waals surface area (Å²) in [5.41, 5.74) is 0.174. The first kappa shape index (κ1) is 12.4. The molecule has 0 saturated carbocycles. The highest BCUT2D eigenvalue weighted by molar-refractivity contribution is 5.92. The van der Waals surface area contributed by atoms with Gasteiger partial charge in [-0.2, -0.15) is 0 Å². The average Bonchev–Trinajstić information content (AvgIpc) is 2.95. The summed E-state index contributed by atoms with van der Waals surface area (Å²) < 4.78 is 5.46. The second-order valence-electron chi connectivity index (χ2n) is 5.13. The fourth-order valence-corrected chi connectivity index (χ4v) is 3.04. The van der Waals surface area contributed by atoms with E-state index in [4.69, 9.17) is 4.74 Å². The van der Waals surface area contributed by atoms with Crippen molar-refractivity contribution in [2.45, 2.75) is 31.1 Å². The number of fused-ring (bicyclic) bond motifs is 1. The summed E-state index contributed by atoms with van der Waals surface area (Å²) in [6.45, 7) is 1.71. The Morgan fingerprint density at radius 2 is 2.00 bits per heavy atom. The number of para-hydroxylation sites is 1. The number of rotatable bonds is 2. The van der Waals surface area contributed by atoms with Crippen LogP contribution in [-0.4, -0.2) is 52.4 Å². The monoisotopic (exact) mass is 263 g/mol. The molecule has 5 heteroatoms. The van der Waals surface area contributed by atoms with Crippen molar-refractivity contribution >= 4 is 5.97 Å². The molecule has 5 nitrogen and oxygen atoms in total. The number of aliphatic hydroxyl groups is 1. The van der Waals surface area contributed by atoms with Crippen molar-refractivity contribution in [1.82, 2.24) is 4.90 Å². The van der Waals surface area contributed by atoms with Crippen molar-refractivity contribution in [3.05, 3.63) is 29.8 Å². The number of aliphatic hydroxyl groups excluding tert-OH is 1. The molecule has 2 aliphatic heterocycles. The van der Waals surface area contributed by atoms with Crippen LogP contribution in [0.25, 0.3) is 0 Å². The lowest BCUT2D eigenvalue weighted by atomic mass is 10.1. The molecule has 2 aliphatic rings. The third-order valence-electron chi connectivity index (χ3n) is 3.99. The molecule has 3 rings (SSSR count). The largest absolute Gasteiger partial charge is 0.507 e. The van der Waals surface area contributed by atoms with E-state index in [1.54, 1.807) is 12.1 Å². The van der Waals surface area contributed by atoms with E-state index >= 15 is 0 Å². The number of esters is 1. The summed E-state index contributed by atoms with van der Waals surface area (Å²) in [6.07, 6.45) is 0.755. The second kappa shape index (κ2) is 4.83. The molecule has 0 radical (unpaired) electrons. The van der Waals surface area contributed by atoms with Gasteiger partial charge in [-0.3, -0.25) is 4.90 Å². The van der Waals surface area contributed by atoms with Gasteiger partial charge >= 0.3 is 5.97 Å². The molecular weight excluding hydrogens is 246 g/mol. The Morgan fingerprint density at radius 3 is 2.79 bits per heavy atom. The van der Waals surface area contributed by atoms with Crippen LogP contribution in [0.4, 0.5) is 0 Å². The van der Waals surface area contributed by atoms with Crippen molar-refractivity contribution in [1.29, 1.82) is 0 Å². The van der Waals surface area contributed by atoms with Gasteiger partial charge < -0.3 is 14.9 Å². The lowest BCUT2D eigenvalue weighted by Gasteiger charge is -2.23. The molecule has 3 unspecified atom stereocenters. The minimum absolute atomic E-state index is 0.0747. The van der Waals surface area contributed by atoms with Gasteiger partial charge in [-0.15, -0.1) is 0 Å². The molecule has 3 atom stereocenters. The standard InChI is InChI=1S/C14H17NO4/c16-10-4-2-1-3-9(10)14(18)19-12-6-8-15-7-5-11(17)13(12)15/h1-4,11-13,16-17H,5-8H2. The molecule has 0 spiro atoms. The van der Waals surface area contributed by atoms with Crippen LogP contribution in [-0.2, 0) is 4.74 Å². The van der Waals surface area contributed by atoms with Gasteiger partial charge in [-0.05, 0) is 25.0 Å². The molecule has 2 saturated heterocycles. The number of aromatic hydroxyl groups is 1. The summed E-state index contributed by atoms with van der Waals surface area (Å²) in [5, 5.41) is 19.6. The predicted molar refractivity (Wildman–Crippen MR) is 67.9 cm³/mol. The Morgan fingerprint density at radius 1 is 1.26 bits per heavy atom. The van der Waals surface area contributed by atoms with Crippen LogP contribution < -0.4 is 0 Å². The Hall–Kier alpha value is -1.59. The van der Waals surface area contributed by atoms with Crippen molar-refractivity contribution < 1.29 is 19.7 Å². The van der Waals surface area contributed by atoms with Crippen LogP contribution >= 0.6 is 0 Å².